The van der Waals surface area contributed by atoms with E-state index in [0.29, 0.717) is 24.4 Å². The molecule has 88 valence electrons. The highest BCUT2D eigenvalue weighted by atomic mass is 16.6. The van der Waals surface area contributed by atoms with Gasteiger partial charge in [-0.05, 0) is 62.2 Å². The number of hydrogen-bond acceptors (Lipinski definition) is 2. The van der Waals surface area contributed by atoms with Crippen LogP contribution >= 0.6 is 0 Å². The van der Waals surface area contributed by atoms with Crippen molar-refractivity contribution >= 4 is 0 Å². The normalized spacial score (nSPS) is 69.9. The highest BCUT2D eigenvalue weighted by Crippen LogP contribution is 2.65. The van der Waals surface area contributed by atoms with Gasteiger partial charge >= 0.3 is 0 Å². The van der Waals surface area contributed by atoms with Gasteiger partial charge in [-0.15, -0.1) is 0 Å². The van der Waals surface area contributed by atoms with E-state index in [0.717, 1.165) is 29.6 Å². The van der Waals surface area contributed by atoms with Crippen LogP contribution in [0.3, 0.4) is 0 Å². The minimum atomic E-state index is 0.534. The predicted molar refractivity (Wildman–Crippen MR) is 58.9 cm³/mol. The van der Waals surface area contributed by atoms with Crippen molar-refractivity contribution in [1.82, 2.24) is 0 Å². The first-order chi connectivity index (χ1) is 7.81. The molecule has 0 N–H and O–H groups in total. The lowest BCUT2D eigenvalue weighted by Gasteiger charge is -2.38. The Balaban J connectivity index is 1.49. The zero-order valence-corrected chi connectivity index (χ0v) is 9.84. The Kier molecular flexibility index (Phi) is 1.49. The maximum Gasteiger partial charge on any atom is 0.0844 e. The monoisotopic (exact) mass is 220 g/mol. The highest BCUT2D eigenvalue weighted by Gasteiger charge is 2.65. The third-order valence-corrected chi connectivity index (χ3v) is 6.28. The quantitative estimate of drug-likeness (QED) is 0.584. The van der Waals surface area contributed by atoms with Crippen molar-refractivity contribution in [3.8, 4) is 0 Å². The fourth-order valence-corrected chi connectivity index (χ4v) is 5.78. The lowest BCUT2D eigenvalue weighted by molar-refractivity contribution is -0.0225. The molecular weight excluding hydrogens is 200 g/mol. The summed E-state index contributed by atoms with van der Waals surface area (Å²) in [6.45, 7) is 2.27. The van der Waals surface area contributed by atoms with Crippen LogP contribution in [0.5, 0.6) is 0 Å². The predicted octanol–water partition coefficient (Wildman–Crippen LogP) is 2.22. The molecule has 3 saturated carbocycles. The molecule has 5 rings (SSSR count). The van der Waals surface area contributed by atoms with Gasteiger partial charge in [-0.1, -0.05) is 0 Å². The number of fused-ring (bicyclic) bond motifs is 9. The molecule has 2 heterocycles. The molecule has 5 aliphatic rings. The SMILES string of the molecule is CC1CC2C3CC(C4CC5OC5CC34)C2O1. The Hall–Kier alpha value is -0.0800. The first kappa shape index (κ1) is 8.93. The van der Waals surface area contributed by atoms with E-state index in [1.54, 1.807) is 0 Å². The molecule has 9 atom stereocenters. The summed E-state index contributed by atoms with van der Waals surface area (Å²) in [4.78, 5) is 0. The van der Waals surface area contributed by atoms with Gasteiger partial charge in [0.1, 0.15) is 0 Å². The minimum absolute atomic E-state index is 0.534. The first-order valence-corrected chi connectivity index (χ1v) is 7.12. The van der Waals surface area contributed by atoms with Gasteiger partial charge in [0.2, 0.25) is 0 Å². The summed E-state index contributed by atoms with van der Waals surface area (Å²) >= 11 is 0. The van der Waals surface area contributed by atoms with E-state index in [2.05, 4.69) is 6.92 Å². The molecule has 9 unspecified atom stereocenters. The van der Waals surface area contributed by atoms with Crippen LogP contribution in [0.1, 0.15) is 32.6 Å². The van der Waals surface area contributed by atoms with E-state index in [-0.39, 0.29) is 0 Å². The summed E-state index contributed by atoms with van der Waals surface area (Å²) in [7, 11) is 0. The van der Waals surface area contributed by atoms with Gasteiger partial charge in [0.05, 0.1) is 24.4 Å². The highest BCUT2D eigenvalue weighted by molar-refractivity contribution is 5.13. The molecule has 0 radical (unpaired) electrons. The number of epoxide rings is 1. The molecule has 2 heteroatoms. The van der Waals surface area contributed by atoms with Gasteiger partial charge in [0.25, 0.3) is 0 Å². The van der Waals surface area contributed by atoms with Gasteiger partial charge < -0.3 is 9.47 Å². The van der Waals surface area contributed by atoms with Crippen LogP contribution in [0.4, 0.5) is 0 Å². The van der Waals surface area contributed by atoms with Crippen molar-refractivity contribution in [3.63, 3.8) is 0 Å². The lowest BCUT2D eigenvalue weighted by atomic mass is 9.66. The number of rotatable bonds is 0. The standard InChI is InChI=1S/C14H20O2/c1-6-2-10-7-3-11(14(10)15-6)9-5-13-12(16-13)4-8(7)9/h6-14H,2-5H2,1H3. The van der Waals surface area contributed by atoms with E-state index < -0.39 is 0 Å². The van der Waals surface area contributed by atoms with Crippen LogP contribution in [-0.2, 0) is 9.47 Å². The Morgan fingerprint density at radius 3 is 2.12 bits per heavy atom. The van der Waals surface area contributed by atoms with Crippen molar-refractivity contribution in [2.75, 3.05) is 0 Å². The maximum atomic E-state index is 6.18. The second-order valence-electron chi connectivity index (χ2n) is 6.89. The van der Waals surface area contributed by atoms with Crippen molar-refractivity contribution in [1.29, 1.82) is 0 Å². The fourth-order valence-electron chi connectivity index (χ4n) is 5.78. The second-order valence-corrected chi connectivity index (χ2v) is 6.89. The molecule has 0 aromatic carbocycles. The van der Waals surface area contributed by atoms with E-state index in [4.69, 9.17) is 9.47 Å². The van der Waals surface area contributed by atoms with E-state index in [1.165, 1.54) is 25.7 Å². The van der Waals surface area contributed by atoms with E-state index in [1.807, 2.05) is 0 Å². The molecule has 0 aromatic rings. The third kappa shape index (κ3) is 0.932. The molecule has 16 heavy (non-hydrogen) atoms. The first-order valence-electron chi connectivity index (χ1n) is 7.12. The van der Waals surface area contributed by atoms with E-state index in [9.17, 15) is 0 Å². The molecule has 5 fully saturated rings. The average molecular weight is 220 g/mol. The van der Waals surface area contributed by atoms with Crippen LogP contribution < -0.4 is 0 Å². The third-order valence-electron chi connectivity index (χ3n) is 6.28. The zero-order chi connectivity index (χ0) is 10.4. The Morgan fingerprint density at radius 1 is 0.688 bits per heavy atom. The molecule has 2 nitrogen and oxygen atoms in total. The van der Waals surface area contributed by atoms with Crippen molar-refractivity contribution in [2.45, 2.75) is 57.0 Å². The molecule has 2 saturated heterocycles. The fraction of sp³-hybridized carbons (Fsp3) is 1.00. The summed E-state index contributed by atoms with van der Waals surface area (Å²) in [5.74, 6) is 4.77. The number of ether oxygens (including phenoxy) is 2. The van der Waals surface area contributed by atoms with Gasteiger partial charge in [0.15, 0.2) is 0 Å². The van der Waals surface area contributed by atoms with Gasteiger partial charge in [-0.2, -0.15) is 0 Å². The molecule has 0 aromatic heterocycles. The zero-order valence-electron chi connectivity index (χ0n) is 9.84. The molecule has 2 aliphatic heterocycles. The molecule has 3 aliphatic carbocycles. The summed E-state index contributed by atoms with van der Waals surface area (Å²) < 4.78 is 11.9. The lowest BCUT2D eigenvalue weighted by Crippen LogP contribution is -2.39. The minimum Gasteiger partial charge on any atom is -0.375 e. The Labute approximate surface area is 96.7 Å². The van der Waals surface area contributed by atoms with Crippen LogP contribution in [0.2, 0.25) is 0 Å². The average Bonchev–Trinajstić information content (AvgIpc) is 2.61. The Bertz CT molecular complexity index is 312. The summed E-state index contributed by atoms with van der Waals surface area (Å²) in [6.07, 6.45) is 8.05. The second kappa shape index (κ2) is 2.67. The van der Waals surface area contributed by atoms with Gasteiger partial charge in [-0.3, -0.25) is 0 Å². The summed E-state index contributed by atoms with van der Waals surface area (Å²) in [5.41, 5.74) is 0. The molecule has 0 amide bonds. The van der Waals surface area contributed by atoms with Gasteiger partial charge in [-0.25, -0.2) is 0 Å². The molecular formula is C14H20O2. The van der Waals surface area contributed by atoms with E-state index >= 15 is 0 Å². The summed E-state index contributed by atoms with van der Waals surface area (Å²) in [5, 5.41) is 0. The van der Waals surface area contributed by atoms with Crippen LogP contribution in [0.25, 0.3) is 0 Å². The summed E-state index contributed by atoms with van der Waals surface area (Å²) in [6, 6.07) is 0. The van der Waals surface area contributed by atoms with Crippen molar-refractivity contribution < 1.29 is 9.47 Å². The van der Waals surface area contributed by atoms with Crippen molar-refractivity contribution in [3.05, 3.63) is 0 Å². The topological polar surface area (TPSA) is 21.8 Å². The molecule has 2 bridgehead atoms. The largest absolute Gasteiger partial charge is 0.375 e. The number of hydrogen-bond donors (Lipinski definition) is 0. The Morgan fingerprint density at radius 2 is 1.31 bits per heavy atom. The van der Waals surface area contributed by atoms with Crippen LogP contribution in [-0.4, -0.2) is 24.4 Å². The van der Waals surface area contributed by atoms with Crippen LogP contribution in [0, 0.1) is 29.6 Å². The van der Waals surface area contributed by atoms with Crippen LogP contribution in [0.15, 0.2) is 0 Å². The molecule has 0 spiro atoms. The maximum absolute atomic E-state index is 6.18. The smallest absolute Gasteiger partial charge is 0.0844 e. The van der Waals surface area contributed by atoms with Crippen molar-refractivity contribution in [2.24, 2.45) is 29.6 Å². The van der Waals surface area contributed by atoms with Gasteiger partial charge in [0, 0.05) is 0 Å².